The van der Waals surface area contributed by atoms with Gasteiger partial charge < -0.3 is 20.7 Å². The van der Waals surface area contributed by atoms with Crippen LogP contribution in [-0.2, 0) is 4.74 Å². The molecule has 1 aliphatic heterocycles. The first-order chi connectivity index (χ1) is 9.22. The van der Waals surface area contributed by atoms with Crippen molar-refractivity contribution in [1.82, 2.24) is 5.32 Å². The Hall–Kier alpha value is -1.75. The summed E-state index contributed by atoms with van der Waals surface area (Å²) >= 11 is 0. The summed E-state index contributed by atoms with van der Waals surface area (Å²) in [7, 11) is 0. The summed E-state index contributed by atoms with van der Waals surface area (Å²) in [6.07, 6.45) is 0.998. The molecule has 3 N–H and O–H groups in total. The van der Waals surface area contributed by atoms with Crippen LogP contribution in [0.2, 0.25) is 0 Å². The third-order valence-electron chi connectivity index (χ3n) is 3.19. The molecule has 0 aromatic heterocycles. The van der Waals surface area contributed by atoms with Crippen molar-refractivity contribution in [3.63, 3.8) is 0 Å². The maximum atomic E-state index is 11.7. The number of anilines is 2. The zero-order valence-corrected chi connectivity index (χ0v) is 11.3. The average molecular weight is 263 g/mol. The van der Waals surface area contributed by atoms with Gasteiger partial charge in [0.05, 0.1) is 18.0 Å². The summed E-state index contributed by atoms with van der Waals surface area (Å²) in [6.45, 7) is 5.80. The van der Waals surface area contributed by atoms with Gasteiger partial charge in [0.1, 0.15) is 0 Å². The van der Waals surface area contributed by atoms with E-state index < -0.39 is 0 Å². The van der Waals surface area contributed by atoms with Crippen LogP contribution in [0.1, 0.15) is 23.7 Å². The predicted octanol–water partition coefficient (Wildman–Crippen LogP) is 1.25. The molecule has 0 spiro atoms. The van der Waals surface area contributed by atoms with Crippen LogP contribution in [0.15, 0.2) is 18.2 Å². The highest BCUT2D eigenvalue weighted by atomic mass is 16.5. The lowest BCUT2D eigenvalue weighted by atomic mass is 10.1. The first-order valence-electron chi connectivity index (χ1n) is 6.72. The normalized spacial score (nSPS) is 15.9. The lowest BCUT2D eigenvalue weighted by Crippen LogP contribution is -2.27. The first kappa shape index (κ1) is 13.7. The average Bonchev–Trinajstić information content (AvgIpc) is 2.67. The van der Waals surface area contributed by atoms with Gasteiger partial charge in [0.25, 0.3) is 5.91 Å². The van der Waals surface area contributed by atoms with E-state index in [2.05, 4.69) is 10.2 Å². The molecule has 0 bridgehead atoms. The van der Waals surface area contributed by atoms with Gasteiger partial charge in [-0.2, -0.15) is 0 Å². The van der Waals surface area contributed by atoms with Gasteiger partial charge >= 0.3 is 0 Å². The van der Waals surface area contributed by atoms with Gasteiger partial charge in [0, 0.05) is 31.8 Å². The highest BCUT2D eigenvalue weighted by Gasteiger charge is 2.14. The third-order valence-corrected chi connectivity index (χ3v) is 3.19. The molecule has 1 aliphatic rings. The smallest absolute Gasteiger partial charge is 0.251 e. The molecule has 104 valence electrons. The van der Waals surface area contributed by atoms with Crippen LogP contribution in [0.3, 0.4) is 0 Å². The number of nitrogen functional groups attached to an aromatic ring is 1. The van der Waals surface area contributed by atoms with E-state index in [9.17, 15) is 4.79 Å². The SMILES string of the molecule is CCNC(=O)c1ccc(N2CCCOCC2)c(N)c1. The molecule has 19 heavy (non-hydrogen) atoms. The van der Waals surface area contributed by atoms with Gasteiger partial charge in [-0.25, -0.2) is 0 Å². The standard InChI is InChI=1S/C14H21N3O2/c1-2-16-14(18)11-4-5-13(12(15)10-11)17-6-3-8-19-9-7-17/h4-5,10H,2-3,6-9,15H2,1H3,(H,16,18). The Labute approximate surface area is 113 Å². The van der Waals surface area contributed by atoms with Gasteiger partial charge in [-0.15, -0.1) is 0 Å². The van der Waals surface area contributed by atoms with Crippen molar-refractivity contribution >= 4 is 17.3 Å². The minimum atomic E-state index is -0.0834. The van der Waals surface area contributed by atoms with Crippen molar-refractivity contribution in [3.05, 3.63) is 23.8 Å². The van der Waals surface area contributed by atoms with Gasteiger partial charge in [0.2, 0.25) is 0 Å². The van der Waals surface area contributed by atoms with E-state index in [1.165, 1.54) is 0 Å². The van der Waals surface area contributed by atoms with E-state index in [0.29, 0.717) is 17.8 Å². The monoisotopic (exact) mass is 263 g/mol. The number of rotatable bonds is 3. The van der Waals surface area contributed by atoms with Crippen LogP contribution < -0.4 is 16.0 Å². The maximum absolute atomic E-state index is 11.7. The molecule has 1 saturated heterocycles. The van der Waals surface area contributed by atoms with E-state index in [4.69, 9.17) is 10.5 Å². The summed E-state index contributed by atoms with van der Waals surface area (Å²) in [5.74, 6) is -0.0834. The minimum Gasteiger partial charge on any atom is -0.397 e. The van der Waals surface area contributed by atoms with Crippen LogP contribution in [-0.4, -0.2) is 38.8 Å². The second-order valence-corrected chi connectivity index (χ2v) is 4.59. The molecule has 2 rings (SSSR count). The van der Waals surface area contributed by atoms with E-state index >= 15 is 0 Å². The number of carbonyl (C=O) groups is 1. The van der Waals surface area contributed by atoms with Crippen LogP contribution in [0.4, 0.5) is 11.4 Å². The fourth-order valence-electron chi connectivity index (χ4n) is 2.23. The zero-order chi connectivity index (χ0) is 13.7. The molecule has 5 nitrogen and oxygen atoms in total. The van der Waals surface area contributed by atoms with Crippen molar-refractivity contribution in [1.29, 1.82) is 0 Å². The third kappa shape index (κ3) is 3.38. The van der Waals surface area contributed by atoms with Crippen LogP contribution in [0.25, 0.3) is 0 Å². The molecule has 1 aromatic rings. The number of benzene rings is 1. The fraction of sp³-hybridized carbons (Fsp3) is 0.500. The van der Waals surface area contributed by atoms with Crippen molar-refractivity contribution in [2.75, 3.05) is 43.5 Å². The maximum Gasteiger partial charge on any atom is 0.251 e. The number of carbonyl (C=O) groups excluding carboxylic acids is 1. The van der Waals surface area contributed by atoms with Crippen LogP contribution >= 0.6 is 0 Å². The summed E-state index contributed by atoms with van der Waals surface area (Å²) in [5.41, 5.74) is 8.31. The molecule has 5 heteroatoms. The molecule has 1 amide bonds. The summed E-state index contributed by atoms with van der Waals surface area (Å²) in [6, 6.07) is 5.49. The number of ether oxygens (including phenoxy) is 1. The van der Waals surface area contributed by atoms with Gasteiger partial charge in [0.15, 0.2) is 0 Å². The van der Waals surface area contributed by atoms with Crippen molar-refractivity contribution in [2.24, 2.45) is 0 Å². The summed E-state index contributed by atoms with van der Waals surface area (Å²) < 4.78 is 5.43. The molecule has 0 atom stereocenters. The Morgan fingerprint density at radius 2 is 2.26 bits per heavy atom. The summed E-state index contributed by atoms with van der Waals surface area (Å²) in [4.78, 5) is 14.0. The molecular weight excluding hydrogens is 242 g/mol. The second-order valence-electron chi connectivity index (χ2n) is 4.59. The lowest BCUT2D eigenvalue weighted by Gasteiger charge is -2.23. The van der Waals surface area contributed by atoms with E-state index in [-0.39, 0.29) is 5.91 Å². The van der Waals surface area contributed by atoms with E-state index in [1.54, 1.807) is 6.07 Å². The number of hydrogen-bond acceptors (Lipinski definition) is 4. The molecule has 1 fully saturated rings. The second kappa shape index (κ2) is 6.43. The molecule has 0 aliphatic carbocycles. The largest absolute Gasteiger partial charge is 0.397 e. The number of nitrogens with one attached hydrogen (secondary N) is 1. The Kier molecular flexibility index (Phi) is 4.63. The molecule has 1 heterocycles. The Morgan fingerprint density at radius 3 is 3.00 bits per heavy atom. The van der Waals surface area contributed by atoms with Gasteiger partial charge in [-0.1, -0.05) is 0 Å². The number of amides is 1. The summed E-state index contributed by atoms with van der Waals surface area (Å²) in [5, 5.41) is 2.77. The predicted molar refractivity (Wildman–Crippen MR) is 76.5 cm³/mol. The lowest BCUT2D eigenvalue weighted by molar-refractivity contribution is 0.0956. The van der Waals surface area contributed by atoms with Crippen LogP contribution in [0.5, 0.6) is 0 Å². The van der Waals surface area contributed by atoms with Crippen molar-refractivity contribution in [2.45, 2.75) is 13.3 Å². The van der Waals surface area contributed by atoms with Gasteiger partial charge in [-0.05, 0) is 31.5 Å². The highest BCUT2D eigenvalue weighted by molar-refractivity contribution is 5.96. The fourth-order valence-corrected chi connectivity index (χ4v) is 2.23. The topological polar surface area (TPSA) is 67.6 Å². The van der Waals surface area contributed by atoms with Crippen molar-refractivity contribution < 1.29 is 9.53 Å². The molecule has 0 saturated carbocycles. The molecular formula is C14H21N3O2. The minimum absolute atomic E-state index is 0.0834. The molecule has 0 unspecified atom stereocenters. The quantitative estimate of drug-likeness (QED) is 0.805. The number of nitrogens with zero attached hydrogens (tertiary/aromatic N) is 1. The first-order valence-corrected chi connectivity index (χ1v) is 6.72. The highest BCUT2D eigenvalue weighted by Crippen LogP contribution is 2.25. The van der Waals surface area contributed by atoms with Crippen molar-refractivity contribution in [3.8, 4) is 0 Å². The van der Waals surface area contributed by atoms with E-state index in [0.717, 1.165) is 38.4 Å². The Morgan fingerprint density at radius 1 is 1.42 bits per heavy atom. The van der Waals surface area contributed by atoms with Gasteiger partial charge in [-0.3, -0.25) is 4.79 Å². The molecule has 0 radical (unpaired) electrons. The van der Waals surface area contributed by atoms with Crippen LogP contribution in [0, 0.1) is 0 Å². The molecule has 1 aromatic carbocycles. The number of hydrogen-bond donors (Lipinski definition) is 2. The number of nitrogens with two attached hydrogens (primary N) is 1. The zero-order valence-electron chi connectivity index (χ0n) is 11.3. The van der Waals surface area contributed by atoms with E-state index in [1.807, 2.05) is 19.1 Å². The Balaban J connectivity index is 2.16. The Bertz CT molecular complexity index is 440.